The first kappa shape index (κ1) is 18.9. The van der Waals surface area contributed by atoms with E-state index in [0.29, 0.717) is 25.7 Å². The summed E-state index contributed by atoms with van der Waals surface area (Å²) in [5, 5.41) is 4.02. The maximum Gasteiger partial charge on any atom is 0.189 e. The molecule has 1 aromatic heterocycles. The van der Waals surface area contributed by atoms with Gasteiger partial charge in [-0.3, -0.25) is 0 Å². The van der Waals surface area contributed by atoms with Gasteiger partial charge in [-0.2, -0.15) is 0 Å². The molecule has 0 fully saturated rings. The van der Waals surface area contributed by atoms with E-state index >= 15 is 0 Å². The Bertz CT molecular complexity index is 601. The van der Waals surface area contributed by atoms with Gasteiger partial charge in [-0.05, 0) is 6.92 Å². The Labute approximate surface area is 152 Å². The van der Waals surface area contributed by atoms with Crippen molar-refractivity contribution in [1.82, 2.24) is 10.3 Å². The van der Waals surface area contributed by atoms with E-state index in [4.69, 9.17) is 10.5 Å². The van der Waals surface area contributed by atoms with Crippen molar-refractivity contribution in [2.24, 2.45) is 10.7 Å². The minimum absolute atomic E-state index is 0. The SMILES string of the molecule is COCCNC(N)=NCc1sc(-c2ccccc2)nc1C.I. The Morgan fingerprint density at radius 3 is 2.77 bits per heavy atom. The highest BCUT2D eigenvalue weighted by atomic mass is 127. The van der Waals surface area contributed by atoms with E-state index in [9.17, 15) is 0 Å². The number of nitrogens with two attached hydrogens (primary N) is 1. The van der Waals surface area contributed by atoms with E-state index in [1.165, 1.54) is 0 Å². The normalized spacial score (nSPS) is 11.1. The van der Waals surface area contributed by atoms with E-state index < -0.39 is 0 Å². The zero-order valence-electron chi connectivity index (χ0n) is 12.7. The first-order valence-corrected chi connectivity index (χ1v) is 7.57. The summed E-state index contributed by atoms with van der Waals surface area (Å²) in [5.41, 5.74) is 7.94. The van der Waals surface area contributed by atoms with Gasteiger partial charge in [-0.1, -0.05) is 30.3 Å². The molecule has 120 valence electrons. The lowest BCUT2D eigenvalue weighted by atomic mass is 10.2. The van der Waals surface area contributed by atoms with Gasteiger partial charge in [0.1, 0.15) is 5.01 Å². The van der Waals surface area contributed by atoms with Crippen LogP contribution in [0.3, 0.4) is 0 Å². The highest BCUT2D eigenvalue weighted by molar-refractivity contribution is 14.0. The number of aliphatic imine (C=N–C) groups is 1. The third-order valence-electron chi connectivity index (χ3n) is 2.92. The molecule has 0 amide bonds. The number of methoxy groups -OCH3 is 1. The maximum absolute atomic E-state index is 5.80. The van der Waals surface area contributed by atoms with Crippen LogP contribution in [-0.2, 0) is 11.3 Å². The Balaban J connectivity index is 0.00000242. The van der Waals surface area contributed by atoms with Crippen LogP contribution in [0.1, 0.15) is 10.6 Å². The van der Waals surface area contributed by atoms with Crippen LogP contribution in [0.4, 0.5) is 0 Å². The number of aryl methyl sites for hydroxylation is 1. The van der Waals surface area contributed by atoms with Crippen molar-refractivity contribution in [2.45, 2.75) is 13.5 Å². The molecule has 0 unspecified atom stereocenters. The molecule has 0 spiro atoms. The molecule has 0 aliphatic heterocycles. The molecular formula is C15H21IN4OS. The predicted molar refractivity (Wildman–Crippen MR) is 103 cm³/mol. The molecule has 0 saturated carbocycles. The molecule has 22 heavy (non-hydrogen) atoms. The second kappa shape index (κ2) is 9.75. The van der Waals surface area contributed by atoms with Gasteiger partial charge in [0, 0.05) is 24.1 Å². The van der Waals surface area contributed by atoms with Gasteiger partial charge < -0.3 is 15.8 Å². The number of ether oxygens (including phenoxy) is 1. The second-order valence-corrected chi connectivity index (χ2v) is 5.60. The number of rotatable bonds is 6. The third kappa shape index (κ3) is 5.54. The molecule has 0 aliphatic rings. The minimum Gasteiger partial charge on any atom is -0.383 e. The number of guanidine groups is 1. The standard InChI is InChI=1S/C15H20N4OS.HI/c1-11-13(10-18-15(16)17-8-9-20-2)21-14(19-11)12-6-4-3-5-7-12;/h3-7H,8-10H2,1-2H3,(H3,16,17,18);1H. The average molecular weight is 432 g/mol. The van der Waals surface area contributed by atoms with Gasteiger partial charge in [-0.15, -0.1) is 35.3 Å². The summed E-state index contributed by atoms with van der Waals surface area (Å²) >= 11 is 1.66. The molecule has 3 N–H and O–H groups in total. The fraction of sp³-hybridized carbons (Fsp3) is 0.333. The van der Waals surface area contributed by atoms with Crippen LogP contribution in [0.25, 0.3) is 10.6 Å². The van der Waals surface area contributed by atoms with Gasteiger partial charge in [0.15, 0.2) is 5.96 Å². The van der Waals surface area contributed by atoms with Gasteiger partial charge in [0.05, 0.1) is 18.8 Å². The molecule has 0 saturated heterocycles. The summed E-state index contributed by atoms with van der Waals surface area (Å²) in [6, 6.07) is 10.2. The first-order valence-electron chi connectivity index (χ1n) is 6.75. The average Bonchev–Trinajstić information content (AvgIpc) is 2.87. The van der Waals surface area contributed by atoms with E-state index in [0.717, 1.165) is 21.1 Å². The van der Waals surface area contributed by atoms with Crippen LogP contribution in [-0.4, -0.2) is 31.2 Å². The Morgan fingerprint density at radius 2 is 2.09 bits per heavy atom. The Kier molecular flexibility index (Phi) is 8.36. The van der Waals surface area contributed by atoms with Crippen molar-refractivity contribution >= 4 is 41.3 Å². The monoisotopic (exact) mass is 432 g/mol. The summed E-state index contributed by atoms with van der Waals surface area (Å²) in [6.45, 7) is 3.81. The number of nitrogens with one attached hydrogen (secondary N) is 1. The molecule has 0 bridgehead atoms. The fourth-order valence-corrected chi connectivity index (χ4v) is 2.77. The Hall–Kier alpha value is -1.19. The van der Waals surface area contributed by atoms with Crippen molar-refractivity contribution in [3.05, 3.63) is 40.9 Å². The van der Waals surface area contributed by atoms with Crippen molar-refractivity contribution in [3.63, 3.8) is 0 Å². The summed E-state index contributed by atoms with van der Waals surface area (Å²) in [7, 11) is 1.65. The molecule has 0 aliphatic carbocycles. The zero-order valence-corrected chi connectivity index (χ0v) is 15.9. The molecule has 1 aromatic carbocycles. The predicted octanol–water partition coefficient (Wildman–Crippen LogP) is 2.79. The highest BCUT2D eigenvalue weighted by Gasteiger charge is 2.08. The smallest absolute Gasteiger partial charge is 0.189 e. The van der Waals surface area contributed by atoms with Crippen LogP contribution in [0.2, 0.25) is 0 Å². The zero-order chi connectivity index (χ0) is 15.1. The number of nitrogens with zero attached hydrogens (tertiary/aromatic N) is 2. The summed E-state index contributed by atoms with van der Waals surface area (Å²) in [5.74, 6) is 0.432. The van der Waals surface area contributed by atoms with Crippen LogP contribution in [0, 0.1) is 6.92 Å². The summed E-state index contributed by atoms with van der Waals surface area (Å²) < 4.78 is 4.95. The van der Waals surface area contributed by atoms with Crippen LogP contribution in [0.15, 0.2) is 35.3 Å². The molecule has 7 heteroatoms. The lowest BCUT2D eigenvalue weighted by molar-refractivity contribution is 0.204. The molecule has 0 atom stereocenters. The van der Waals surface area contributed by atoms with Crippen molar-refractivity contribution in [2.75, 3.05) is 20.3 Å². The van der Waals surface area contributed by atoms with Crippen LogP contribution >= 0.6 is 35.3 Å². The largest absolute Gasteiger partial charge is 0.383 e. The first-order chi connectivity index (χ1) is 10.2. The lowest BCUT2D eigenvalue weighted by Crippen LogP contribution is -2.34. The number of thiazole rings is 1. The molecule has 2 rings (SSSR count). The topological polar surface area (TPSA) is 72.5 Å². The fourth-order valence-electron chi connectivity index (χ4n) is 1.77. The van der Waals surface area contributed by atoms with E-state index in [1.807, 2.05) is 25.1 Å². The molecular weight excluding hydrogens is 411 g/mol. The number of aromatic nitrogens is 1. The highest BCUT2D eigenvalue weighted by Crippen LogP contribution is 2.28. The second-order valence-electron chi connectivity index (χ2n) is 4.51. The lowest BCUT2D eigenvalue weighted by Gasteiger charge is -2.03. The number of halogens is 1. The number of benzene rings is 1. The quantitative estimate of drug-likeness (QED) is 0.319. The molecule has 2 aromatic rings. The van der Waals surface area contributed by atoms with Gasteiger partial charge >= 0.3 is 0 Å². The molecule has 5 nitrogen and oxygen atoms in total. The van der Waals surface area contributed by atoms with Crippen molar-refractivity contribution in [3.8, 4) is 10.6 Å². The third-order valence-corrected chi connectivity index (χ3v) is 4.11. The molecule has 1 heterocycles. The maximum atomic E-state index is 5.80. The summed E-state index contributed by atoms with van der Waals surface area (Å²) in [6.07, 6.45) is 0. The minimum atomic E-state index is 0. The van der Waals surface area contributed by atoms with Crippen LogP contribution in [0.5, 0.6) is 0 Å². The van der Waals surface area contributed by atoms with E-state index in [1.54, 1.807) is 18.4 Å². The van der Waals surface area contributed by atoms with Gasteiger partial charge in [0.25, 0.3) is 0 Å². The Morgan fingerprint density at radius 1 is 1.36 bits per heavy atom. The summed E-state index contributed by atoms with van der Waals surface area (Å²) in [4.78, 5) is 10.1. The van der Waals surface area contributed by atoms with Crippen molar-refractivity contribution in [1.29, 1.82) is 0 Å². The van der Waals surface area contributed by atoms with Crippen molar-refractivity contribution < 1.29 is 4.74 Å². The number of hydrogen-bond donors (Lipinski definition) is 2. The van der Waals surface area contributed by atoms with Crippen LogP contribution < -0.4 is 11.1 Å². The number of hydrogen-bond acceptors (Lipinski definition) is 4. The van der Waals surface area contributed by atoms with E-state index in [2.05, 4.69) is 27.4 Å². The van der Waals surface area contributed by atoms with Gasteiger partial charge in [0.2, 0.25) is 0 Å². The van der Waals surface area contributed by atoms with Gasteiger partial charge in [-0.25, -0.2) is 9.98 Å². The molecule has 0 radical (unpaired) electrons. The van der Waals surface area contributed by atoms with E-state index in [-0.39, 0.29) is 24.0 Å².